The monoisotopic (exact) mass is 373 g/mol. The highest BCUT2D eigenvalue weighted by Gasteiger charge is 2.22. The molecular formula is C19H17BrClN. The number of aryl methyl sites for hydroxylation is 3. The molecule has 1 aromatic heterocycles. The second-order valence-electron chi connectivity index (χ2n) is 5.84. The molecule has 0 unspecified atom stereocenters. The lowest BCUT2D eigenvalue weighted by Crippen LogP contribution is -2.08. The summed E-state index contributed by atoms with van der Waals surface area (Å²) in [6.07, 6.45) is 3.45. The van der Waals surface area contributed by atoms with Crippen LogP contribution in [0.3, 0.4) is 0 Å². The number of para-hydroxylation sites is 1. The van der Waals surface area contributed by atoms with Crippen molar-refractivity contribution in [1.82, 2.24) is 4.57 Å². The lowest BCUT2D eigenvalue weighted by atomic mass is 10.0. The normalized spacial score (nSPS) is 13.7. The van der Waals surface area contributed by atoms with Gasteiger partial charge in [-0.25, -0.2) is 0 Å². The van der Waals surface area contributed by atoms with Gasteiger partial charge < -0.3 is 4.57 Å². The molecule has 0 bridgehead atoms. The number of benzene rings is 2. The molecule has 2 heterocycles. The van der Waals surface area contributed by atoms with Crippen LogP contribution < -0.4 is 0 Å². The zero-order valence-corrected chi connectivity index (χ0v) is 14.6. The van der Waals surface area contributed by atoms with Gasteiger partial charge in [-0.2, -0.15) is 0 Å². The maximum atomic E-state index is 6.07. The van der Waals surface area contributed by atoms with Gasteiger partial charge in [-0.15, -0.1) is 0 Å². The molecule has 0 radical (unpaired) electrons. The van der Waals surface area contributed by atoms with E-state index in [4.69, 9.17) is 11.6 Å². The largest absolute Gasteiger partial charge is 0.340 e. The number of alkyl halides is 1. The van der Waals surface area contributed by atoms with Crippen LogP contribution in [0, 0.1) is 0 Å². The average Bonchev–Trinajstić information content (AvgIpc) is 2.85. The fourth-order valence-corrected chi connectivity index (χ4v) is 4.22. The molecule has 3 aromatic rings. The van der Waals surface area contributed by atoms with E-state index < -0.39 is 0 Å². The van der Waals surface area contributed by atoms with Crippen molar-refractivity contribution in [2.75, 3.05) is 5.33 Å². The van der Waals surface area contributed by atoms with E-state index in [1.165, 1.54) is 46.1 Å². The number of rotatable bonds is 3. The second-order valence-corrected chi connectivity index (χ2v) is 7.07. The van der Waals surface area contributed by atoms with E-state index in [9.17, 15) is 0 Å². The minimum absolute atomic E-state index is 0.793. The number of aromatic nitrogens is 1. The fourth-order valence-electron chi connectivity index (χ4n) is 3.69. The van der Waals surface area contributed by atoms with Gasteiger partial charge in [-0.05, 0) is 48.1 Å². The van der Waals surface area contributed by atoms with Crippen LogP contribution in [0.4, 0.5) is 0 Å². The third kappa shape index (κ3) is 2.21. The first-order valence-corrected chi connectivity index (χ1v) is 9.24. The van der Waals surface area contributed by atoms with Crippen LogP contribution in [0.5, 0.6) is 0 Å². The smallest absolute Gasteiger partial charge is 0.0524 e. The Kier molecular flexibility index (Phi) is 3.75. The van der Waals surface area contributed by atoms with Gasteiger partial charge in [0.15, 0.2) is 0 Å². The number of hydrogen-bond donors (Lipinski definition) is 0. The van der Waals surface area contributed by atoms with Crippen LogP contribution in [0.15, 0.2) is 42.5 Å². The molecule has 22 heavy (non-hydrogen) atoms. The molecule has 1 nitrogen and oxygen atoms in total. The highest BCUT2D eigenvalue weighted by Crippen LogP contribution is 2.38. The zero-order chi connectivity index (χ0) is 15.1. The van der Waals surface area contributed by atoms with Gasteiger partial charge in [-0.3, -0.25) is 0 Å². The quantitative estimate of drug-likeness (QED) is 0.507. The number of halogens is 2. The van der Waals surface area contributed by atoms with E-state index in [0.29, 0.717) is 0 Å². The van der Waals surface area contributed by atoms with E-state index in [0.717, 1.165) is 23.3 Å². The number of nitrogens with zero attached hydrogens (tertiary/aromatic N) is 1. The molecule has 0 saturated carbocycles. The molecule has 2 aromatic carbocycles. The first kappa shape index (κ1) is 14.3. The lowest BCUT2D eigenvalue weighted by Gasteiger charge is -2.18. The Hall–Kier alpha value is -1.25. The zero-order valence-electron chi connectivity index (χ0n) is 12.3. The predicted molar refractivity (Wildman–Crippen MR) is 98.2 cm³/mol. The topological polar surface area (TPSA) is 4.93 Å². The van der Waals surface area contributed by atoms with Crippen molar-refractivity contribution in [2.24, 2.45) is 0 Å². The van der Waals surface area contributed by atoms with E-state index >= 15 is 0 Å². The van der Waals surface area contributed by atoms with Crippen LogP contribution in [0.2, 0.25) is 5.02 Å². The Morgan fingerprint density at radius 2 is 1.91 bits per heavy atom. The van der Waals surface area contributed by atoms with Gasteiger partial charge >= 0.3 is 0 Å². The lowest BCUT2D eigenvalue weighted by molar-refractivity contribution is 0.639. The highest BCUT2D eigenvalue weighted by atomic mass is 79.9. The van der Waals surface area contributed by atoms with E-state index in [2.05, 4.69) is 50.8 Å². The van der Waals surface area contributed by atoms with Gasteiger partial charge in [0.05, 0.1) is 11.2 Å². The first-order valence-electron chi connectivity index (χ1n) is 7.74. The standard InChI is InChI=1S/C19H17BrClN/c20-11-10-17-16-5-1-3-13-4-2-12-22(18(13)16)19(17)14-6-8-15(21)9-7-14/h1,3,5-9H,2,4,10-12H2. The summed E-state index contributed by atoms with van der Waals surface area (Å²) in [6.45, 7) is 1.10. The maximum Gasteiger partial charge on any atom is 0.0524 e. The molecule has 0 spiro atoms. The molecule has 0 fully saturated rings. The first-order chi connectivity index (χ1) is 10.8. The third-order valence-electron chi connectivity index (χ3n) is 4.56. The highest BCUT2D eigenvalue weighted by molar-refractivity contribution is 9.09. The van der Waals surface area contributed by atoms with E-state index in [1.54, 1.807) is 0 Å². The summed E-state index contributed by atoms with van der Waals surface area (Å²) in [7, 11) is 0. The Labute approximate surface area is 144 Å². The summed E-state index contributed by atoms with van der Waals surface area (Å²) in [5, 5.41) is 3.19. The third-order valence-corrected chi connectivity index (χ3v) is 5.21. The van der Waals surface area contributed by atoms with Gasteiger partial charge in [0.2, 0.25) is 0 Å². The van der Waals surface area contributed by atoms with Crippen LogP contribution in [-0.4, -0.2) is 9.90 Å². The van der Waals surface area contributed by atoms with Crippen molar-refractivity contribution in [2.45, 2.75) is 25.8 Å². The van der Waals surface area contributed by atoms with E-state index in [-0.39, 0.29) is 0 Å². The fraction of sp³-hybridized carbons (Fsp3) is 0.263. The maximum absolute atomic E-state index is 6.07. The Bertz CT molecular complexity index is 833. The van der Waals surface area contributed by atoms with Gasteiger partial charge in [0.1, 0.15) is 0 Å². The van der Waals surface area contributed by atoms with Crippen molar-refractivity contribution < 1.29 is 0 Å². The molecule has 1 aliphatic heterocycles. The number of hydrogen-bond acceptors (Lipinski definition) is 0. The van der Waals surface area contributed by atoms with Gasteiger partial charge in [-0.1, -0.05) is 57.9 Å². The van der Waals surface area contributed by atoms with Crippen LogP contribution >= 0.6 is 27.5 Å². The molecule has 4 rings (SSSR count). The van der Waals surface area contributed by atoms with Crippen LogP contribution in [0.25, 0.3) is 22.2 Å². The molecule has 3 heteroatoms. The van der Waals surface area contributed by atoms with Crippen LogP contribution in [0.1, 0.15) is 17.5 Å². The predicted octanol–water partition coefficient (Wildman–Crippen LogP) is 5.85. The second kappa shape index (κ2) is 5.75. The summed E-state index contributed by atoms with van der Waals surface area (Å²) in [5.74, 6) is 0. The Morgan fingerprint density at radius 3 is 2.68 bits per heavy atom. The van der Waals surface area contributed by atoms with Crippen molar-refractivity contribution in [3.05, 3.63) is 58.6 Å². The van der Waals surface area contributed by atoms with Crippen molar-refractivity contribution in [3.63, 3.8) is 0 Å². The van der Waals surface area contributed by atoms with E-state index in [1.807, 2.05) is 12.1 Å². The summed E-state index contributed by atoms with van der Waals surface area (Å²) in [4.78, 5) is 0. The summed E-state index contributed by atoms with van der Waals surface area (Å²) in [5.41, 5.74) is 7.02. The molecule has 0 atom stereocenters. The van der Waals surface area contributed by atoms with Crippen molar-refractivity contribution in [3.8, 4) is 11.3 Å². The molecular weight excluding hydrogens is 358 g/mol. The summed E-state index contributed by atoms with van der Waals surface area (Å²) in [6, 6.07) is 15.0. The molecule has 0 N–H and O–H groups in total. The SMILES string of the molecule is Clc1ccc(-c2c(CCBr)c3cccc4c3n2CCC4)cc1. The Morgan fingerprint density at radius 1 is 1.09 bits per heavy atom. The molecule has 1 aliphatic rings. The molecule has 112 valence electrons. The van der Waals surface area contributed by atoms with Gasteiger partial charge in [0.25, 0.3) is 0 Å². The summed E-state index contributed by atoms with van der Waals surface area (Å²) >= 11 is 9.70. The molecule has 0 saturated heterocycles. The molecule has 0 amide bonds. The Balaban J connectivity index is 2.06. The van der Waals surface area contributed by atoms with Crippen molar-refractivity contribution in [1.29, 1.82) is 0 Å². The summed E-state index contributed by atoms with van der Waals surface area (Å²) < 4.78 is 2.52. The van der Waals surface area contributed by atoms with Crippen molar-refractivity contribution >= 4 is 38.4 Å². The average molecular weight is 375 g/mol. The molecule has 0 aliphatic carbocycles. The minimum Gasteiger partial charge on any atom is -0.340 e. The van der Waals surface area contributed by atoms with Crippen LogP contribution in [-0.2, 0) is 19.4 Å². The van der Waals surface area contributed by atoms with Gasteiger partial charge in [0, 0.05) is 22.3 Å². The minimum atomic E-state index is 0.793.